The van der Waals surface area contributed by atoms with Crippen molar-refractivity contribution in [2.24, 2.45) is 0 Å². The van der Waals surface area contributed by atoms with E-state index in [9.17, 15) is 19.8 Å². The lowest BCUT2D eigenvalue weighted by Gasteiger charge is -2.12. The number of carboxylic acids is 2. The van der Waals surface area contributed by atoms with Crippen LogP contribution in [0.15, 0.2) is 121 Å². The fourth-order valence-corrected chi connectivity index (χ4v) is 4.11. The molecule has 0 spiro atoms. The fraction of sp³-hybridized carbons (Fsp3) is 0. The van der Waals surface area contributed by atoms with Gasteiger partial charge in [-0.1, -0.05) is 60.7 Å². The second-order valence-electron chi connectivity index (χ2n) is 8.43. The Kier molecular flexibility index (Phi) is 6.87. The molecule has 38 heavy (non-hydrogen) atoms. The smallest absolute Gasteiger partial charge is 0.336 e. The highest BCUT2D eigenvalue weighted by Gasteiger charge is 2.15. The number of hydrogen-bond donors (Lipinski definition) is 2. The van der Waals surface area contributed by atoms with Crippen LogP contribution in [0.2, 0.25) is 0 Å². The van der Waals surface area contributed by atoms with Crippen molar-refractivity contribution in [1.82, 2.24) is 0 Å². The highest BCUT2D eigenvalue weighted by Crippen LogP contribution is 2.33. The first-order chi connectivity index (χ1) is 18.5. The maximum atomic E-state index is 11.7. The highest BCUT2D eigenvalue weighted by molar-refractivity contribution is 5.97. The predicted molar refractivity (Wildman–Crippen MR) is 144 cm³/mol. The van der Waals surface area contributed by atoms with Crippen molar-refractivity contribution in [1.29, 1.82) is 0 Å². The van der Waals surface area contributed by atoms with Gasteiger partial charge in [0, 0.05) is 0 Å². The summed E-state index contributed by atoms with van der Waals surface area (Å²) in [7, 11) is 0. The van der Waals surface area contributed by atoms with Gasteiger partial charge in [0.25, 0.3) is 0 Å². The standard InChI is InChI=1S/C32H22O6/c33-31(34)27-17-15-25(19-29(27)21-7-3-1-4-8-21)37-23-11-13-24(14-12-23)38-26-16-18-28(32(35)36)30(20-26)22-9-5-2-6-10-22/h1-20H,(H,33,34)(H,35,36). The summed E-state index contributed by atoms with van der Waals surface area (Å²) in [4.78, 5) is 23.4. The zero-order valence-corrected chi connectivity index (χ0v) is 20.1. The number of aromatic carboxylic acids is 2. The highest BCUT2D eigenvalue weighted by atomic mass is 16.5. The molecule has 0 aliphatic carbocycles. The first kappa shape index (κ1) is 24.3. The van der Waals surface area contributed by atoms with Crippen molar-refractivity contribution < 1.29 is 29.3 Å². The molecule has 2 N–H and O–H groups in total. The van der Waals surface area contributed by atoms with Crippen molar-refractivity contribution >= 4 is 11.9 Å². The topological polar surface area (TPSA) is 93.1 Å². The van der Waals surface area contributed by atoms with Crippen molar-refractivity contribution in [2.45, 2.75) is 0 Å². The number of hydrogen-bond acceptors (Lipinski definition) is 4. The molecule has 0 saturated heterocycles. The van der Waals surface area contributed by atoms with Crippen LogP contribution >= 0.6 is 0 Å². The zero-order chi connectivity index (χ0) is 26.5. The summed E-state index contributed by atoms with van der Waals surface area (Å²) in [5.41, 5.74) is 3.07. The van der Waals surface area contributed by atoms with Gasteiger partial charge in [-0.15, -0.1) is 0 Å². The minimum atomic E-state index is -1.01. The zero-order valence-electron chi connectivity index (χ0n) is 20.1. The number of benzene rings is 5. The molecule has 5 aromatic carbocycles. The molecule has 0 saturated carbocycles. The van der Waals surface area contributed by atoms with E-state index in [4.69, 9.17) is 9.47 Å². The molecule has 0 atom stereocenters. The van der Waals surface area contributed by atoms with E-state index in [1.807, 2.05) is 60.7 Å². The molecule has 6 nitrogen and oxygen atoms in total. The summed E-state index contributed by atoms with van der Waals surface area (Å²) >= 11 is 0. The fourth-order valence-electron chi connectivity index (χ4n) is 4.11. The van der Waals surface area contributed by atoms with Crippen LogP contribution in [0, 0.1) is 0 Å². The predicted octanol–water partition coefficient (Wildman–Crippen LogP) is 8.00. The van der Waals surface area contributed by atoms with Crippen molar-refractivity contribution in [3.05, 3.63) is 132 Å². The Labute approximate surface area is 219 Å². The Morgan fingerprint density at radius 2 is 0.789 bits per heavy atom. The summed E-state index contributed by atoms with van der Waals surface area (Å²) in [5.74, 6) is 0.0715. The van der Waals surface area contributed by atoms with Crippen LogP contribution in [0.4, 0.5) is 0 Å². The molecule has 0 bridgehead atoms. The van der Waals surface area contributed by atoms with Crippen LogP contribution in [-0.4, -0.2) is 22.2 Å². The van der Waals surface area contributed by atoms with Crippen LogP contribution in [0.5, 0.6) is 23.0 Å². The Morgan fingerprint density at radius 1 is 0.447 bits per heavy atom. The Bertz CT molecular complexity index is 1470. The second kappa shape index (κ2) is 10.7. The summed E-state index contributed by atoms with van der Waals surface area (Å²) in [6, 6.07) is 35.2. The van der Waals surface area contributed by atoms with E-state index in [0.29, 0.717) is 34.1 Å². The molecular weight excluding hydrogens is 480 g/mol. The lowest BCUT2D eigenvalue weighted by molar-refractivity contribution is 0.0687. The SMILES string of the molecule is O=C(O)c1ccc(Oc2ccc(Oc3ccc(C(=O)O)c(-c4ccccc4)c3)cc2)cc1-c1ccccc1. The van der Waals surface area contributed by atoms with Gasteiger partial charge in [0.15, 0.2) is 0 Å². The van der Waals surface area contributed by atoms with Crippen molar-refractivity contribution in [3.8, 4) is 45.3 Å². The van der Waals surface area contributed by atoms with Crippen LogP contribution in [0.1, 0.15) is 20.7 Å². The van der Waals surface area contributed by atoms with Crippen LogP contribution in [0.25, 0.3) is 22.3 Å². The number of ether oxygens (including phenoxy) is 2. The van der Waals surface area contributed by atoms with Crippen LogP contribution < -0.4 is 9.47 Å². The molecule has 0 unspecified atom stereocenters. The van der Waals surface area contributed by atoms with E-state index in [0.717, 1.165) is 11.1 Å². The minimum absolute atomic E-state index is 0.191. The molecular formula is C32H22O6. The normalized spacial score (nSPS) is 10.5. The van der Waals surface area contributed by atoms with E-state index in [-0.39, 0.29) is 11.1 Å². The second-order valence-corrected chi connectivity index (χ2v) is 8.43. The van der Waals surface area contributed by atoms with Crippen molar-refractivity contribution in [2.75, 3.05) is 0 Å². The number of carbonyl (C=O) groups is 2. The average Bonchev–Trinajstić information content (AvgIpc) is 2.95. The molecule has 186 valence electrons. The Morgan fingerprint density at radius 3 is 1.13 bits per heavy atom. The third-order valence-electron chi connectivity index (χ3n) is 5.91. The van der Waals surface area contributed by atoms with Gasteiger partial charge >= 0.3 is 11.9 Å². The summed E-state index contributed by atoms with van der Waals surface area (Å²) in [6.45, 7) is 0. The van der Waals surface area contributed by atoms with E-state index in [1.54, 1.807) is 48.5 Å². The summed E-state index contributed by atoms with van der Waals surface area (Å²) in [5, 5.41) is 19.2. The molecule has 0 aliphatic heterocycles. The van der Waals surface area contributed by atoms with Gasteiger partial charge in [-0.3, -0.25) is 0 Å². The van der Waals surface area contributed by atoms with Gasteiger partial charge < -0.3 is 19.7 Å². The molecule has 5 aromatic rings. The lowest BCUT2D eigenvalue weighted by Crippen LogP contribution is -2.00. The van der Waals surface area contributed by atoms with Gasteiger partial charge in [0.2, 0.25) is 0 Å². The van der Waals surface area contributed by atoms with Gasteiger partial charge in [0.05, 0.1) is 11.1 Å². The summed E-state index contributed by atoms with van der Waals surface area (Å²) < 4.78 is 12.0. The lowest BCUT2D eigenvalue weighted by atomic mass is 9.99. The minimum Gasteiger partial charge on any atom is -0.478 e. The third-order valence-corrected chi connectivity index (χ3v) is 5.91. The maximum absolute atomic E-state index is 11.7. The molecule has 6 heteroatoms. The van der Waals surface area contributed by atoms with E-state index in [1.165, 1.54) is 12.1 Å². The molecule has 5 rings (SSSR count). The molecule has 0 amide bonds. The first-order valence-corrected chi connectivity index (χ1v) is 11.8. The van der Waals surface area contributed by atoms with Crippen molar-refractivity contribution in [3.63, 3.8) is 0 Å². The molecule has 0 heterocycles. The Hall–Kier alpha value is -5.36. The average molecular weight is 503 g/mol. The third kappa shape index (κ3) is 5.39. The van der Waals surface area contributed by atoms with Crippen LogP contribution in [0.3, 0.4) is 0 Å². The summed E-state index contributed by atoms with van der Waals surface area (Å²) in [6.07, 6.45) is 0. The molecule has 0 aromatic heterocycles. The Balaban J connectivity index is 1.36. The van der Waals surface area contributed by atoms with Gasteiger partial charge in [-0.05, 0) is 82.9 Å². The number of carboxylic acid groups (broad SMARTS) is 2. The van der Waals surface area contributed by atoms with Gasteiger partial charge in [0.1, 0.15) is 23.0 Å². The monoisotopic (exact) mass is 502 g/mol. The molecule has 0 radical (unpaired) electrons. The van der Waals surface area contributed by atoms with Gasteiger partial charge in [-0.25, -0.2) is 9.59 Å². The maximum Gasteiger partial charge on any atom is 0.336 e. The quantitative estimate of drug-likeness (QED) is 0.223. The van der Waals surface area contributed by atoms with Gasteiger partial charge in [-0.2, -0.15) is 0 Å². The molecule has 0 aliphatic rings. The number of rotatable bonds is 8. The first-order valence-electron chi connectivity index (χ1n) is 11.8. The van der Waals surface area contributed by atoms with E-state index < -0.39 is 11.9 Å². The van der Waals surface area contributed by atoms with E-state index in [2.05, 4.69) is 0 Å². The van der Waals surface area contributed by atoms with E-state index >= 15 is 0 Å². The van der Waals surface area contributed by atoms with Crippen LogP contribution in [-0.2, 0) is 0 Å². The largest absolute Gasteiger partial charge is 0.478 e. The molecule has 0 fully saturated rings.